The van der Waals surface area contributed by atoms with E-state index in [4.69, 9.17) is 0 Å². The van der Waals surface area contributed by atoms with Gasteiger partial charge in [0.1, 0.15) is 5.65 Å². The average molecular weight is 466 g/mol. The largest absolute Gasteiger partial charge is 0.352 e. The van der Waals surface area contributed by atoms with E-state index in [2.05, 4.69) is 41.4 Å². The van der Waals surface area contributed by atoms with Crippen molar-refractivity contribution in [1.29, 1.82) is 0 Å². The molecule has 1 amide bonds. The predicted octanol–water partition coefficient (Wildman–Crippen LogP) is 0.886. The first-order chi connectivity index (χ1) is 16.2. The summed E-state index contributed by atoms with van der Waals surface area (Å²) in [6.07, 6.45) is 1.92. The van der Waals surface area contributed by atoms with Crippen LogP contribution in [0.5, 0.6) is 0 Å². The van der Waals surface area contributed by atoms with Crippen LogP contribution in [-0.2, 0) is 27.7 Å². The number of nitrogens with one attached hydrogen (secondary N) is 1. The molecule has 180 valence electrons. The number of nitrogens with zero attached hydrogens (tertiary/aromatic N) is 4. The highest BCUT2D eigenvalue weighted by atomic mass is 16.2. The van der Waals surface area contributed by atoms with E-state index >= 15 is 0 Å². The van der Waals surface area contributed by atoms with Crippen molar-refractivity contribution in [1.82, 2.24) is 23.9 Å². The van der Waals surface area contributed by atoms with Gasteiger partial charge in [0.25, 0.3) is 17.0 Å². The molecular weight excluding hydrogens is 434 g/mol. The number of carbonyl (C=O) groups excluding carboxylic acids is 1. The number of aromatic nitrogens is 3. The number of carbonyl (C=O) groups is 1. The summed E-state index contributed by atoms with van der Waals surface area (Å²) >= 11 is 0. The molecule has 0 aliphatic carbocycles. The van der Waals surface area contributed by atoms with E-state index in [1.54, 1.807) is 0 Å². The molecule has 3 aromatic rings. The third kappa shape index (κ3) is 4.35. The van der Waals surface area contributed by atoms with Gasteiger partial charge in [0.15, 0.2) is 0 Å². The van der Waals surface area contributed by atoms with Gasteiger partial charge in [0.05, 0.1) is 10.9 Å². The lowest BCUT2D eigenvalue weighted by molar-refractivity contribution is 0.0936. The fraction of sp³-hybridized carbons (Fsp3) is 0.440. The maximum Gasteiger partial charge on any atom is 0.332 e. The van der Waals surface area contributed by atoms with Crippen LogP contribution >= 0.6 is 0 Å². The number of aryl methyl sites for hydroxylation is 3. The van der Waals surface area contributed by atoms with Crippen LogP contribution in [0.15, 0.2) is 44.7 Å². The van der Waals surface area contributed by atoms with Crippen LogP contribution < -0.4 is 22.1 Å². The van der Waals surface area contributed by atoms with Crippen molar-refractivity contribution in [2.75, 3.05) is 19.6 Å². The first-order valence-corrected chi connectivity index (χ1v) is 11.5. The number of fused-ring (bicyclic) bond motifs is 1. The summed E-state index contributed by atoms with van der Waals surface area (Å²) in [6.45, 7) is 5.43. The van der Waals surface area contributed by atoms with Crippen molar-refractivity contribution in [3.8, 4) is 0 Å². The lowest BCUT2D eigenvalue weighted by Crippen LogP contribution is -2.42. The fourth-order valence-corrected chi connectivity index (χ4v) is 4.75. The monoisotopic (exact) mass is 465 g/mol. The van der Waals surface area contributed by atoms with Gasteiger partial charge in [0.2, 0.25) is 0 Å². The van der Waals surface area contributed by atoms with Gasteiger partial charge < -0.3 is 5.32 Å². The summed E-state index contributed by atoms with van der Waals surface area (Å²) in [5.41, 5.74) is 1.17. The van der Waals surface area contributed by atoms with Crippen LogP contribution in [0.3, 0.4) is 0 Å². The zero-order valence-corrected chi connectivity index (χ0v) is 20.1. The van der Waals surface area contributed by atoms with Crippen molar-refractivity contribution in [3.63, 3.8) is 0 Å². The minimum Gasteiger partial charge on any atom is -0.352 e. The maximum absolute atomic E-state index is 13.1. The molecule has 4 rings (SSSR count). The number of amides is 1. The Kier molecular flexibility index (Phi) is 6.56. The second-order valence-corrected chi connectivity index (χ2v) is 9.22. The number of piperidine rings is 1. The van der Waals surface area contributed by atoms with Gasteiger partial charge in [-0.15, -0.1) is 0 Å². The van der Waals surface area contributed by atoms with Crippen LogP contribution in [0.1, 0.15) is 34.3 Å². The minimum atomic E-state index is -0.594. The van der Waals surface area contributed by atoms with Crippen LogP contribution in [0.4, 0.5) is 0 Å². The molecule has 1 aromatic carbocycles. The fourth-order valence-electron chi connectivity index (χ4n) is 4.75. The molecule has 34 heavy (non-hydrogen) atoms. The average Bonchev–Trinajstić information content (AvgIpc) is 2.83. The summed E-state index contributed by atoms with van der Waals surface area (Å²) in [5, 5.41) is 2.99. The Labute approximate surface area is 197 Å². The molecule has 0 bridgehead atoms. The molecule has 1 fully saturated rings. The summed E-state index contributed by atoms with van der Waals surface area (Å²) in [5.74, 6) is -0.150. The predicted molar refractivity (Wildman–Crippen MR) is 131 cm³/mol. The Hall–Kier alpha value is -3.46. The number of pyridine rings is 1. The summed E-state index contributed by atoms with van der Waals surface area (Å²) in [4.78, 5) is 53.2. The second-order valence-electron chi connectivity index (χ2n) is 9.22. The smallest absolute Gasteiger partial charge is 0.332 e. The Morgan fingerprint density at radius 2 is 1.68 bits per heavy atom. The molecule has 0 radical (unpaired) electrons. The third-order valence-electron chi connectivity index (χ3n) is 6.98. The molecule has 0 unspecified atom stereocenters. The van der Waals surface area contributed by atoms with E-state index in [-0.39, 0.29) is 16.6 Å². The lowest BCUT2D eigenvalue weighted by Gasteiger charge is -2.32. The Bertz CT molecular complexity index is 1420. The molecule has 3 heterocycles. The minimum absolute atomic E-state index is 0.00582. The zero-order valence-electron chi connectivity index (χ0n) is 20.1. The van der Waals surface area contributed by atoms with Gasteiger partial charge in [-0.2, -0.15) is 0 Å². The van der Waals surface area contributed by atoms with Crippen molar-refractivity contribution in [3.05, 3.63) is 78.2 Å². The highest BCUT2D eigenvalue weighted by Gasteiger charge is 2.23. The molecule has 9 heteroatoms. The van der Waals surface area contributed by atoms with Gasteiger partial charge in [-0.05, 0) is 49.9 Å². The maximum atomic E-state index is 13.1. The molecule has 1 N–H and O–H groups in total. The van der Waals surface area contributed by atoms with Crippen LogP contribution in [0.25, 0.3) is 11.0 Å². The molecule has 1 aliphatic rings. The van der Waals surface area contributed by atoms with Crippen molar-refractivity contribution >= 4 is 16.9 Å². The number of benzene rings is 1. The van der Waals surface area contributed by atoms with Crippen LogP contribution in [0.2, 0.25) is 0 Å². The first-order valence-electron chi connectivity index (χ1n) is 11.5. The normalized spacial score (nSPS) is 15.1. The molecule has 0 saturated carbocycles. The van der Waals surface area contributed by atoms with E-state index in [0.717, 1.165) is 37.0 Å². The standard InChI is InChI=1S/C25H31N5O4/c1-16-7-5-6-8-18(16)15-30-11-9-17(10-12-30)14-26-22(32)19-13-20(31)27(2)23-21(19)24(33)29(4)25(34)28(23)3/h5-8,13,17H,9-12,14-15H2,1-4H3,(H,26,32). The summed E-state index contributed by atoms with van der Waals surface area (Å²) in [6, 6.07) is 9.58. The topological polar surface area (TPSA) is 98.3 Å². The van der Waals surface area contributed by atoms with Gasteiger partial charge in [-0.25, -0.2) is 4.79 Å². The SMILES string of the molecule is Cc1ccccc1CN1CCC(CNC(=O)c2cc(=O)n(C)c3c2c(=O)n(C)c(=O)n3C)CC1. The number of likely N-dealkylation sites (tertiary alicyclic amines) is 1. The second kappa shape index (κ2) is 9.42. The van der Waals surface area contributed by atoms with Crippen LogP contribution in [-0.4, -0.2) is 44.1 Å². The zero-order chi connectivity index (χ0) is 24.6. The van der Waals surface area contributed by atoms with E-state index in [1.165, 1.54) is 47.5 Å². The first kappa shape index (κ1) is 23.7. The molecular formula is C25H31N5O4. The summed E-state index contributed by atoms with van der Waals surface area (Å²) < 4.78 is 3.39. The van der Waals surface area contributed by atoms with Crippen LogP contribution in [0, 0.1) is 12.8 Å². The summed E-state index contributed by atoms with van der Waals surface area (Å²) in [7, 11) is 4.33. The van der Waals surface area contributed by atoms with E-state index in [9.17, 15) is 19.2 Å². The Morgan fingerprint density at radius 3 is 2.35 bits per heavy atom. The third-order valence-corrected chi connectivity index (χ3v) is 6.98. The van der Waals surface area contributed by atoms with Gasteiger partial charge in [0, 0.05) is 40.3 Å². The lowest BCUT2D eigenvalue weighted by atomic mass is 9.96. The van der Waals surface area contributed by atoms with Crippen molar-refractivity contribution < 1.29 is 4.79 Å². The number of rotatable bonds is 5. The Balaban J connectivity index is 1.47. The number of hydrogen-bond acceptors (Lipinski definition) is 5. The highest BCUT2D eigenvalue weighted by Crippen LogP contribution is 2.20. The van der Waals surface area contributed by atoms with Gasteiger partial charge in [-0.1, -0.05) is 24.3 Å². The van der Waals surface area contributed by atoms with Crippen molar-refractivity contribution in [2.45, 2.75) is 26.3 Å². The van der Waals surface area contributed by atoms with Gasteiger partial charge >= 0.3 is 5.69 Å². The number of hydrogen-bond donors (Lipinski definition) is 1. The van der Waals surface area contributed by atoms with E-state index in [1.807, 2.05) is 0 Å². The molecule has 9 nitrogen and oxygen atoms in total. The molecule has 1 aliphatic heterocycles. The molecule has 1 saturated heterocycles. The van der Waals surface area contributed by atoms with E-state index in [0.29, 0.717) is 12.5 Å². The highest BCUT2D eigenvalue weighted by molar-refractivity contribution is 6.05. The molecule has 0 atom stereocenters. The molecule has 2 aromatic heterocycles. The quantitative estimate of drug-likeness (QED) is 0.603. The van der Waals surface area contributed by atoms with Crippen molar-refractivity contribution in [2.24, 2.45) is 27.1 Å². The van der Waals surface area contributed by atoms with Gasteiger partial charge in [-0.3, -0.25) is 33.0 Å². The molecule has 0 spiro atoms. The Morgan fingerprint density at radius 1 is 1.00 bits per heavy atom. The van der Waals surface area contributed by atoms with E-state index < -0.39 is 22.7 Å².